The van der Waals surface area contributed by atoms with Gasteiger partial charge in [0, 0.05) is 23.4 Å². The van der Waals surface area contributed by atoms with Crippen LogP contribution in [0, 0.1) is 17.6 Å². The molecule has 1 saturated heterocycles. The summed E-state index contributed by atoms with van der Waals surface area (Å²) in [5.74, 6) is -1.10. The molecule has 4 heteroatoms. The molecule has 4 rings (SSSR count). The largest absolute Gasteiger partial charge is 0.399 e. The zero-order chi connectivity index (χ0) is 19.7. The Morgan fingerprint density at radius 2 is 1.32 bits per heavy atom. The predicted molar refractivity (Wildman–Crippen MR) is 109 cm³/mol. The lowest BCUT2D eigenvalue weighted by atomic mass is 9.94. The van der Waals surface area contributed by atoms with Crippen LogP contribution in [0.3, 0.4) is 0 Å². The van der Waals surface area contributed by atoms with Gasteiger partial charge in [0.2, 0.25) is 0 Å². The van der Waals surface area contributed by atoms with Crippen molar-refractivity contribution in [3.8, 4) is 22.3 Å². The van der Waals surface area contributed by atoms with Gasteiger partial charge in [0.1, 0.15) is 0 Å². The summed E-state index contributed by atoms with van der Waals surface area (Å²) in [7, 11) is 0. The molecule has 0 amide bonds. The van der Waals surface area contributed by atoms with E-state index in [2.05, 4.69) is 6.92 Å². The number of hydrogen-bond donors (Lipinski definition) is 1. The Hall–Kier alpha value is -2.72. The molecule has 1 heterocycles. The van der Waals surface area contributed by atoms with Gasteiger partial charge in [-0.3, -0.25) is 0 Å². The van der Waals surface area contributed by atoms with Crippen LogP contribution in [-0.2, 0) is 4.74 Å². The number of nitrogen functional groups attached to an aromatic ring is 1. The normalized spacial score (nSPS) is 19.5. The summed E-state index contributed by atoms with van der Waals surface area (Å²) in [6, 6.07) is 17.5. The van der Waals surface area contributed by atoms with E-state index >= 15 is 0 Å². The Morgan fingerprint density at radius 3 is 1.82 bits per heavy atom. The smallest absolute Gasteiger partial charge is 0.167 e. The van der Waals surface area contributed by atoms with Crippen molar-refractivity contribution in [2.45, 2.75) is 25.9 Å². The third-order valence-corrected chi connectivity index (χ3v) is 5.40. The first kappa shape index (κ1) is 18.6. The van der Waals surface area contributed by atoms with E-state index in [4.69, 9.17) is 10.5 Å². The van der Waals surface area contributed by atoms with E-state index in [1.807, 2.05) is 24.3 Å². The quantitative estimate of drug-likeness (QED) is 0.537. The summed E-state index contributed by atoms with van der Waals surface area (Å²) in [4.78, 5) is 0. The van der Waals surface area contributed by atoms with E-state index in [1.54, 1.807) is 36.4 Å². The van der Waals surface area contributed by atoms with Crippen LogP contribution < -0.4 is 5.73 Å². The average molecular weight is 379 g/mol. The van der Waals surface area contributed by atoms with Crippen LogP contribution in [0.2, 0.25) is 0 Å². The molecule has 0 saturated carbocycles. The first-order chi connectivity index (χ1) is 13.5. The van der Waals surface area contributed by atoms with Crippen molar-refractivity contribution in [3.63, 3.8) is 0 Å². The lowest BCUT2D eigenvalue weighted by molar-refractivity contribution is -0.0123. The molecule has 3 aromatic rings. The molecule has 3 aromatic carbocycles. The Kier molecular flexibility index (Phi) is 5.14. The van der Waals surface area contributed by atoms with E-state index in [1.165, 1.54) is 0 Å². The van der Waals surface area contributed by atoms with Crippen molar-refractivity contribution in [1.82, 2.24) is 0 Å². The van der Waals surface area contributed by atoms with E-state index in [-0.39, 0.29) is 17.2 Å². The number of benzene rings is 3. The molecule has 0 aliphatic carbocycles. The summed E-state index contributed by atoms with van der Waals surface area (Å²) in [5, 5.41) is 0. The van der Waals surface area contributed by atoms with Gasteiger partial charge >= 0.3 is 0 Å². The Morgan fingerprint density at radius 1 is 0.786 bits per heavy atom. The van der Waals surface area contributed by atoms with Gasteiger partial charge in [0.05, 0.1) is 6.10 Å². The molecule has 0 radical (unpaired) electrons. The number of hydrogen-bond acceptors (Lipinski definition) is 2. The molecule has 1 aliphatic heterocycles. The molecule has 2 unspecified atom stereocenters. The van der Waals surface area contributed by atoms with Gasteiger partial charge in [-0.15, -0.1) is 0 Å². The molecule has 0 bridgehead atoms. The standard InChI is InChI=1S/C24H23F2NO/c1-15-2-13-22(28-14-15)18-5-3-16(4-6-18)20-11-12-21(24(26)23(20)25)17-7-9-19(27)10-8-17/h3-12,15,22H,2,13-14,27H2,1H3. The maximum absolute atomic E-state index is 14.8. The van der Waals surface area contributed by atoms with E-state index in [0.717, 1.165) is 25.0 Å². The average Bonchev–Trinajstić information content (AvgIpc) is 2.72. The summed E-state index contributed by atoms with van der Waals surface area (Å²) < 4.78 is 35.4. The molecule has 0 aromatic heterocycles. The topological polar surface area (TPSA) is 35.2 Å². The minimum absolute atomic E-state index is 0.0831. The molecule has 144 valence electrons. The van der Waals surface area contributed by atoms with Crippen LogP contribution in [-0.4, -0.2) is 6.61 Å². The highest BCUT2D eigenvalue weighted by molar-refractivity contribution is 5.72. The number of nitrogens with two attached hydrogens (primary N) is 1. The van der Waals surface area contributed by atoms with Crippen molar-refractivity contribution < 1.29 is 13.5 Å². The first-order valence-corrected chi connectivity index (χ1v) is 9.59. The fraction of sp³-hybridized carbons (Fsp3) is 0.250. The lowest BCUT2D eigenvalue weighted by Crippen LogP contribution is -2.18. The van der Waals surface area contributed by atoms with Crippen molar-refractivity contribution in [2.24, 2.45) is 5.92 Å². The maximum atomic E-state index is 14.8. The highest BCUT2D eigenvalue weighted by atomic mass is 19.2. The van der Waals surface area contributed by atoms with Gasteiger partial charge in [-0.2, -0.15) is 0 Å². The van der Waals surface area contributed by atoms with Gasteiger partial charge in [0.15, 0.2) is 11.6 Å². The lowest BCUT2D eigenvalue weighted by Gasteiger charge is -2.27. The zero-order valence-electron chi connectivity index (χ0n) is 15.8. The zero-order valence-corrected chi connectivity index (χ0v) is 15.8. The third kappa shape index (κ3) is 3.65. The summed E-state index contributed by atoms with van der Waals surface area (Å²) >= 11 is 0. The molecule has 2 nitrogen and oxygen atoms in total. The second kappa shape index (κ2) is 7.72. The monoisotopic (exact) mass is 379 g/mol. The van der Waals surface area contributed by atoms with Crippen LogP contribution in [0.1, 0.15) is 31.4 Å². The molecule has 2 atom stereocenters. The van der Waals surface area contributed by atoms with Gasteiger partial charge in [-0.05, 0) is 47.6 Å². The minimum atomic E-state index is -0.851. The minimum Gasteiger partial charge on any atom is -0.399 e. The third-order valence-electron chi connectivity index (χ3n) is 5.40. The second-order valence-electron chi connectivity index (χ2n) is 7.54. The number of anilines is 1. The van der Waals surface area contributed by atoms with Gasteiger partial charge in [-0.1, -0.05) is 55.5 Å². The molecule has 2 N–H and O–H groups in total. The summed E-state index contributed by atoms with van der Waals surface area (Å²) in [6.07, 6.45) is 2.21. The molecule has 0 spiro atoms. The Labute approximate surface area is 164 Å². The number of ether oxygens (including phenoxy) is 1. The van der Waals surface area contributed by atoms with E-state index in [0.29, 0.717) is 22.7 Å². The Bertz CT molecular complexity index is 959. The molecular formula is C24H23F2NO. The fourth-order valence-electron chi connectivity index (χ4n) is 3.68. The molecule has 1 aliphatic rings. The van der Waals surface area contributed by atoms with Crippen molar-refractivity contribution in [1.29, 1.82) is 0 Å². The van der Waals surface area contributed by atoms with Gasteiger partial charge in [-0.25, -0.2) is 8.78 Å². The van der Waals surface area contributed by atoms with Crippen LogP contribution in [0.15, 0.2) is 60.7 Å². The number of rotatable bonds is 3. The van der Waals surface area contributed by atoms with Gasteiger partial charge < -0.3 is 10.5 Å². The Balaban J connectivity index is 1.61. The second-order valence-corrected chi connectivity index (χ2v) is 7.54. The highest BCUT2D eigenvalue weighted by Crippen LogP contribution is 2.34. The summed E-state index contributed by atoms with van der Waals surface area (Å²) in [5.41, 5.74) is 9.04. The van der Waals surface area contributed by atoms with Crippen LogP contribution in [0.4, 0.5) is 14.5 Å². The molecule has 1 fully saturated rings. The predicted octanol–water partition coefficient (Wildman–Crippen LogP) is 6.37. The highest BCUT2D eigenvalue weighted by Gasteiger charge is 2.21. The van der Waals surface area contributed by atoms with Crippen molar-refractivity contribution in [3.05, 3.63) is 77.9 Å². The first-order valence-electron chi connectivity index (χ1n) is 9.59. The molecular weight excluding hydrogens is 356 g/mol. The van der Waals surface area contributed by atoms with E-state index in [9.17, 15) is 8.78 Å². The maximum Gasteiger partial charge on any atom is 0.167 e. The van der Waals surface area contributed by atoms with Crippen LogP contribution >= 0.6 is 0 Å². The molecule has 28 heavy (non-hydrogen) atoms. The summed E-state index contributed by atoms with van der Waals surface area (Å²) in [6.45, 7) is 2.95. The van der Waals surface area contributed by atoms with Gasteiger partial charge in [0.25, 0.3) is 0 Å². The van der Waals surface area contributed by atoms with Crippen LogP contribution in [0.5, 0.6) is 0 Å². The van der Waals surface area contributed by atoms with E-state index < -0.39 is 11.6 Å². The van der Waals surface area contributed by atoms with Crippen LogP contribution in [0.25, 0.3) is 22.3 Å². The van der Waals surface area contributed by atoms with Crippen molar-refractivity contribution in [2.75, 3.05) is 12.3 Å². The number of halogens is 2. The SMILES string of the molecule is CC1CCC(c2ccc(-c3ccc(-c4ccc(N)cc4)c(F)c3F)cc2)OC1. The van der Waals surface area contributed by atoms with Crippen molar-refractivity contribution >= 4 is 5.69 Å². The fourth-order valence-corrected chi connectivity index (χ4v) is 3.68.